The molecule has 1 aromatic rings. The van der Waals surface area contributed by atoms with E-state index in [1.807, 2.05) is 44.4 Å². The number of fused-ring (bicyclic) bond motifs is 1. The van der Waals surface area contributed by atoms with Crippen LogP contribution in [0.4, 0.5) is 0 Å². The van der Waals surface area contributed by atoms with Crippen LogP contribution in [0.3, 0.4) is 0 Å². The first-order valence-corrected chi connectivity index (χ1v) is 8.28. The smallest absolute Gasteiger partial charge is 0.316 e. The van der Waals surface area contributed by atoms with Gasteiger partial charge in [-0.15, -0.1) is 0 Å². The van der Waals surface area contributed by atoms with E-state index < -0.39 is 5.92 Å². The van der Waals surface area contributed by atoms with Gasteiger partial charge >= 0.3 is 5.97 Å². The molecule has 2 aliphatic rings. The van der Waals surface area contributed by atoms with Crippen LogP contribution in [0.25, 0.3) is 0 Å². The number of ether oxygens (including phenoxy) is 2. The van der Waals surface area contributed by atoms with E-state index in [0.717, 1.165) is 24.8 Å². The summed E-state index contributed by atoms with van der Waals surface area (Å²) in [4.78, 5) is 14.6. The third-order valence-corrected chi connectivity index (χ3v) is 4.89. The van der Waals surface area contributed by atoms with Gasteiger partial charge in [-0.3, -0.25) is 4.79 Å². The second-order valence-corrected chi connectivity index (χ2v) is 6.69. The van der Waals surface area contributed by atoms with Gasteiger partial charge < -0.3 is 19.5 Å². The molecular weight excluding hydrogens is 294 g/mol. The van der Waals surface area contributed by atoms with Crippen LogP contribution in [0.1, 0.15) is 30.7 Å². The minimum absolute atomic E-state index is 0.107. The van der Waals surface area contributed by atoms with Gasteiger partial charge in [-0.25, -0.2) is 0 Å². The van der Waals surface area contributed by atoms with Gasteiger partial charge in [0.15, 0.2) is 0 Å². The summed E-state index contributed by atoms with van der Waals surface area (Å²) in [6.07, 6.45) is 3.02. The highest BCUT2D eigenvalue weighted by Crippen LogP contribution is 2.38. The fraction of sp³-hybridized carbons (Fsp3) is 0.611. The lowest BCUT2D eigenvalue weighted by Crippen LogP contribution is -2.37. The molecule has 0 aromatic heterocycles. The number of carbonyl (C=O) groups excluding carboxylic acids is 1. The fourth-order valence-electron chi connectivity index (χ4n) is 3.46. The standard InChI is InChI=1S/C18H25NO4/c1-19(2)15-10-13(8-9-16-17(15)23-16)22-18(21)14(11-20)12-6-4-3-5-7-12/h3-7,13-17,20H,8-11H2,1-2H3/t13-,14?,15?,16?,17+/m0/s1. The van der Waals surface area contributed by atoms with Crippen LogP contribution in [0.15, 0.2) is 30.3 Å². The number of aliphatic hydroxyl groups is 1. The van der Waals surface area contributed by atoms with E-state index in [1.54, 1.807) is 0 Å². The summed E-state index contributed by atoms with van der Waals surface area (Å²) < 4.78 is 11.4. The van der Waals surface area contributed by atoms with Crippen molar-refractivity contribution < 1.29 is 19.4 Å². The van der Waals surface area contributed by atoms with Gasteiger partial charge in [-0.05, 0) is 32.5 Å². The molecule has 0 amide bonds. The molecule has 0 radical (unpaired) electrons. The summed E-state index contributed by atoms with van der Waals surface area (Å²) in [5, 5.41) is 9.60. The zero-order chi connectivity index (χ0) is 16.4. The molecule has 23 heavy (non-hydrogen) atoms. The van der Waals surface area contributed by atoms with E-state index in [9.17, 15) is 9.90 Å². The van der Waals surface area contributed by atoms with E-state index in [2.05, 4.69) is 4.90 Å². The molecule has 126 valence electrons. The Morgan fingerprint density at radius 3 is 2.74 bits per heavy atom. The summed E-state index contributed by atoms with van der Waals surface area (Å²) >= 11 is 0. The Morgan fingerprint density at radius 2 is 2.09 bits per heavy atom. The van der Waals surface area contributed by atoms with E-state index in [-0.39, 0.29) is 30.8 Å². The van der Waals surface area contributed by atoms with Crippen LogP contribution in [0, 0.1) is 0 Å². The maximum absolute atomic E-state index is 12.5. The minimum Gasteiger partial charge on any atom is -0.462 e. The molecule has 0 spiro atoms. The second kappa shape index (κ2) is 6.99. The average molecular weight is 319 g/mol. The Morgan fingerprint density at radius 1 is 1.35 bits per heavy atom. The highest BCUT2D eigenvalue weighted by molar-refractivity contribution is 5.78. The number of aliphatic hydroxyl groups excluding tert-OH is 1. The monoisotopic (exact) mass is 319 g/mol. The van der Waals surface area contributed by atoms with Crippen molar-refractivity contribution in [3.05, 3.63) is 35.9 Å². The Kier molecular flexibility index (Phi) is 4.99. The van der Waals surface area contributed by atoms with Crippen LogP contribution in [-0.4, -0.2) is 61.0 Å². The predicted molar refractivity (Wildman–Crippen MR) is 86.1 cm³/mol. The van der Waals surface area contributed by atoms with Crippen LogP contribution < -0.4 is 0 Å². The van der Waals surface area contributed by atoms with Crippen LogP contribution in [-0.2, 0) is 14.3 Å². The molecule has 5 atom stereocenters. The number of nitrogens with zero attached hydrogens (tertiary/aromatic N) is 1. The highest BCUT2D eigenvalue weighted by atomic mass is 16.6. The van der Waals surface area contributed by atoms with Crippen molar-refractivity contribution in [2.75, 3.05) is 20.7 Å². The molecular formula is C18H25NO4. The Balaban J connectivity index is 1.64. The molecule has 1 saturated heterocycles. The van der Waals surface area contributed by atoms with E-state index in [1.165, 1.54) is 0 Å². The summed E-state index contributed by atoms with van der Waals surface area (Å²) in [6.45, 7) is -0.235. The topological polar surface area (TPSA) is 62.3 Å². The quantitative estimate of drug-likeness (QED) is 0.659. The van der Waals surface area contributed by atoms with Crippen LogP contribution in [0.5, 0.6) is 0 Å². The van der Waals surface area contributed by atoms with Crippen molar-refractivity contribution in [2.45, 2.75) is 49.5 Å². The Bertz CT molecular complexity index is 533. The molecule has 1 N–H and O–H groups in total. The van der Waals surface area contributed by atoms with Gasteiger partial charge in [0, 0.05) is 12.5 Å². The summed E-state index contributed by atoms with van der Waals surface area (Å²) in [6, 6.07) is 9.60. The summed E-state index contributed by atoms with van der Waals surface area (Å²) in [5.74, 6) is -0.944. The number of hydrogen-bond acceptors (Lipinski definition) is 5. The summed E-state index contributed by atoms with van der Waals surface area (Å²) in [7, 11) is 4.07. The number of rotatable bonds is 5. The van der Waals surface area contributed by atoms with Gasteiger partial charge in [0.05, 0.1) is 18.8 Å². The highest BCUT2D eigenvalue weighted by Gasteiger charge is 2.49. The van der Waals surface area contributed by atoms with Gasteiger partial charge in [-0.2, -0.15) is 0 Å². The maximum Gasteiger partial charge on any atom is 0.316 e. The lowest BCUT2D eigenvalue weighted by atomic mass is 10.00. The normalized spacial score (nSPS) is 31.1. The van der Waals surface area contributed by atoms with Crippen LogP contribution in [0.2, 0.25) is 0 Å². The molecule has 3 unspecified atom stereocenters. The van der Waals surface area contributed by atoms with E-state index >= 15 is 0 Å². The molecule has 1 aliphatic heterocycles. The van der Waals surface area contributed by atoms with Gasteiger partial charge in [0.2, 0.25) is 0 Å². The Labute approximate surface area is 137 Å². The predicted octanol–water partition coefficient (Wildman–Crippen LogP) is 1.56. The zero-order valence-corrected chi connectivity index (χ0v) is 13.7. The van der Waals surface area contributed by atoms with Crippen molar-refractivity contribution in [2.24, 2.45) is 0 Å². The fourth-order valence-corrected chi connectivity index (χ4v) is 3.46. The van der Waals surface area contributed by atoms with E-state index in [4.69, 9.17) is 9.47 Å². The van der Waals surface area contributed by atoms with Crippen molar-refractivity contribution in [3.8, 4) is 0 Å². The molecule has 3 rings (SSSR count). The lowest BCUT2D eigenvalue weighted by Gasteiger charge is -2.27. The number of benzene rings is 1. The van der Waals surface area contributed by atoms with Gasteiger partial charge in [0.1, 0.15) is 12.0 Å². The first kappa shape index (κ1) is 16.4. The molecule has 0 bridgehead atoms. The molecule has 1 aromatic carbocycles. The number of carbonyl (C=O) groups is 1. The van der Waals surface area contributed by atoms with E-state index in [0.29, 0.717) is 6.10 Å². The molecule has 1 heterocycles. The van der Waals surface area contributed by atoms with Crippen molar-refractivity contribution >= 4 is 5.97 Å². The Hall–Kier alpha value is -1.43. The first-order valence-electron chi connectivity index (χ1n) is 8.28. The van der Waals surface area contributed by atoms with Crippen molar-refractivity contribution in [3.63, 3.8) is 0 Å². The number of epoxide rings is 1. The maximum atomic E-state index is 12.5. The van der Waals surface area contributed by atoms with Gasteiger partial charge in [-0.1, -0.05) is 30.3 Å². The molecule has 2 fully saturated rings. The number of esters is 1. The SMILES string of the molecule is CN(C)C1C[C@@H](OC(=O)C(CO)c2ccccc2)CCC2O[C@@H]21. The van der Waals surface area contributed by atoms with Crippen LogP contribution >= 0.6 is 0 Å². The summed E-state index contributed by atoms with van der Waals surface area (Å²) in [5.41, 5.74) is 0.795. The lowest BCUT2D eigenvalue weighted by molar-refractivity contribution is -0.153. The largest absolute Gasteiger partial charge is 0.462 e. The molecule has 1 aliphatic carbocycles. The van der Waals surface area contributed by atoms with Gasteiger partial charge in [0.25, 0.3) is 0 Å². The molecule has 1 saturated carbocycles. The molecule has 5 nitrogen and oxygen atoms in total. The second-order valence-electron chi connectivity index (χ2n) is 6.69. The van der Waals surface area contributed by atoms with Crippen molar-refractivity contribution in [1.29, 1.82) is 0 Å². The average Bonchev–Trinajstić information content (AvgIpc) is 3.30. The molecule has 5 heteroatoms. The zero-order valence-electron chi connectivity index (χ0n) is 13.7. The minimum atomic E-state index is -0.608. The third kappa shape index (κ3) is 3.74. The third-order valence-electron chi connectivity index (χ3n) is 4.89. The first-order chi connectivity index (χ1) is 11.1. The van der Waals surface area contributed by atoms with Crippen molar-refractivity contribution in [1.82, 2.24) is 4.90 Å². The number of hydrogen-bond donors (Lipinski definition) is 1. The number of likely N-dealkylation sites (N-methyl/N-ethyl adjacent to an activating group) is 1.